The molecule has 0 spiro atoms. The summed E-state index contributed by atoms with van der Waals surface area (Å²) in [6, 6.07) is 15.3. The molecule has 1 aromatic heterocycles. The Morgan fingerprint density at radius 3 is 2.19 bits per heavy atom. The predicted molar refractivity (Wildman–Crippen MR) is 121 cm³/mol. The number of nitrogens with one attached hydrogen (secondary N) is 1. The third-order valence-corrected chi connectivity index (χ3v) is 5.55. The summed E-state index contributed by atoms with van der Waals surface area (Å²) in [6.07, 6.45) is 0. The largest absolute Gasteiger partial charge is 0.493 e. The van der Waals surface area contributed by atoms with Crippen molar-refractivity contribution in [3.63, 3.8) is 0 Å². The van der Waals surface area contributed by atoms with Gasteiger partial charge in [-0.2, -0.15) is 4.98 Å². The zero-order chi connectivity index (χ0) is 22.4. The molecule has 0 fully saturated rings. The van der Waals surface area contributed by atoms with Crippen LogP contribution in [-0.4, -0.2) is 35.8 Å². The summed E-state index contributed by atoms with van der Waals surface area (Å²) in [5, 5.41) is 3.81. The molecule has 4 aromatic rings. The molecule has 7 nitrogen and oxygen atoms in total. The lowest BCUT2D eigenvalue weighted by Gasteiger charge is -2.21. The fourth-order valence-electron chi connectivity index (χ4n) is 3.90. The zero-order valence-electron chi connectivity index (χ0n) is 17.1. The molecular formula is C24H16ClN3O4. The van der Waals surface area contributed by atoms with Gasteiger partial charge in [0.2, 0.25) is 5.28 Å². The number of carbonyl (C=O) groups is 2. The molecule has 1 aliphatic rings. The molecule has 0 saturated carbocycles. The third kappa shape index (κ3) is 3.06. The second-order valence-electron chi connectivity index (χ2n) is 7.12. The molecule has 1 N–H and O–H groups in total. The number of hydrogen-bond donors (Lipinski definition) is 1. The SMILES string of the molecule is COc1cc2nc(Cl)nc(Nc3cccc4c3C(=O)c3ccccc3C4=O)c2cc1OC. The molecule has 0 saturated heterocycles. The summed E-state index contributed by atoms with van der Waals surface area (Å²) in [6.45, 7) is 0. The van der Waals surface area contributed by atoms with E-state index in [1.54, 1.807) is 54.6 Å². The summed E-state index contributed by atoms with van der Waals surface area (Å²) in [5.74, 6) is 0.922. The molecule has 3 aromatic carbocycles. The highest BCUT2D eigenvalue weighted by atomic mass is 35.5. The minimum atomic E-state index is -0.234. The monoisotopic (exact) mass is 445 g/mol. The quantitative estimate of drug-likeness (QED) is 0.396. The van der Waals surface area contributed by atoms with Crippen LogP contribution >= 0.6 is 11.6 Å². The summed E-state index contributed by atoms with van der Waals surface area (Å²) in [4.78, 5) is 34.9. The second-order valence-corrected chi connectivity index (χ2v) is 7.46. The second kappa shape index (κ2) is 7.62. The van der Waals surface area contributed by atoms with Gasteiger partial charge < -0.3 is 14.8 Å². The highest BCUT2D eigenvalue weighted by Crippen LogP contribution is 2.37. The number of carbonyl (C=O) groups excluding carboxylic acids is 2. The van der Waals surface area contributed by atoms with E-state index in [9.17, 15) is 9.59 Å². The number of hydrogen-bond acceptors (Lipinski definition) is 7. The van der Waals surface area contributed by atoms with Crippen LogP contribution in [-0.2, 0) is 0 Å². The van der Waals surface area contributed by atoms with E-state index in [0.29, 0.717) is 56.2 Å². The maximum atomic E-state index is 13.3. The molecule has 1 heterocycles. The molecule has 0 aliphatic heterocycles. The number of aromatic nitrogens is 2. The molecule has 0 amide bonds. The highest BCUT2D eigenvalue weighted by molar-refractivity contribution is 6.30. The van der Waals surface area contributed by atoms with E-state index in [2.05, 4.69) is 15.3 Å². The molecule has 158 valence electrons. The van der Waals surface area contributed by atoms with Gasteiger partial charge in [0.1, 0.15) is 5.82 Å². The van der Waals surface area contributed by atoms with E-state index >= 15 is 0 Å². The van der Waals surface area contributed by atoms with Gasteiger partial charge in [-0.3, -0.25) is 9.59 Å². The Labute approximate surface area is 188 Å². The van der Waals surface area contributed by atoms with Crippen molar-refractivity contribution >= 4 is 45.6 Å². The van der Waals surface area contributed by atoms with Crippen LogP contribution in [0.4, 0.5) is 11.5 Å². The van der Waals surface area contributed by atoms with E-state index < -0.39 is 0 Å². The molecule has 0 bridgehead atoms. The Hall–Kier alpha value is -3.97. The van der Waals surface area contributed by atoms with Gasteiger partial charge in [0.25, 0.3) is 0 Å². The van der Waals surface area contributed by atoms with Gasteiger partial charge in [-0.05, 0) is 23.7 Å². The fraction of sp³-hybridized carbons (Fsp3) is 0.0833. The van der Waals surface area contributed by atoms with E-state index in [-0.39, 0.29) is 16.9 Å². The molecule has 8 heteroatoms. The van der Waals surface area contributed by atoms with Crippen molar-refractivity contribution in [1.82, 2.24) is 9.97 Å². The van der Waals surface area contributed by atoms with Crippen LogP contribution in [0.2, 0.25) is 5.28 Å². The van der Waals surface area contributed by atoms with Crippen molar-refractivity contribution in [2.24, 2.45) is 0 Å². The van der Waals surface area contributed by atoms with Crippen molar-refractivity contribution in [2.45, 2.75) is 0 Å². The summed E-state index contributed by atoms with van der Waals surface area (Å²) in [5.41, 5.74) is 2.37. The van der Waals surface area contributed by atoms with E-state index in [4.69, 9.17) is 21.1 Å². The Morgan fingerprint density at radius 2 is 1.47 bits per heavy atom. The molecule has 0 atom stereocenters. The number of ketones is 2. The van der Waals surface area contributed by atoms with Gasteiger partial charge in [-0.15, -0.1) is 0 Å². The Morgan fingerprint density at radius 1 is 0.812 bits per heavy atom. The van der Waals surface area contributed by atoms with Gasteiger partial charge in [0, 0.05) is 28.1 Å². The summed E-state index contributed by atoms with van der Waals surface area (Å²) < 4.78 is 10.7. The van der Waals surface area contributed by atoms with Crippen molar-refractivity contribution in [2.75, 3.05) is 19.5 Å². The van der Waals surface area contributed by atoms with Crippen LogP contribution in [0.3, 0.4) is 0 Å². The topological polar surface area (TPSA) is 90.4 Å². The molecule has 5 rings (SSSR count). The van der Waals surface area contributed by atoms with E-state index in [1.165, 1.54) is 14.2 Å². The number of ether oxygens (including phenoxy) is 2. The van der Waals surface area contributed by atoms with Gasteiger partial charge in [-0.1, -0.05) is 36.4 Å². The van der Waals surface area contributed by atoms with Crippen molar-refractivity contribution in [3.05, 3.63) is 82.1 Å². The first-order valence-electron chi connectivity index (χ1n) is 9.69. The number of benzene rings is 3. The Bertz CT molecular complexity index is 1430. The Balaban J connectivity index is 1.68. The number of fused-ring (bicyclic) bond motifs is 3. The molecule has 32 heavy (non-hydrogen) atoms. The average Bonchev–Trinajstić information content (AvgIpc) is 2.81. The molecule has 1 aliphatic carbocycles. The number of anilines is 2. The van der Waals surface area contributed by atoms with E-state index in [1.807, 2.05) is 0 Å². The minimum Gasteiger partial charge on any atom is -0.493 e. The lowest BCUT2D eigenvalue weighted by Crippen LogP contribution is -2.22. The van der Waals surface area contributed by atoms with Crippen LogP contribution in [0.1, 0.15) is 31.8 Å². The van der Waals surface area contributed by atoms with Gasteiger partial charge in [0.15, 0.2) is 23.1 Å². The number of methoxy groups -OCH3 is 2. The molecule has 0 radical (unpaired) electrons. The molecular weight excluding hydrogens is 430 g/mol. The lowest BCUT2D eigenvalue weighted by molar-refractivity contribution is 0.0979. The molecule has 0 unspecified atom stereocenters. The van der Waals surface area contributed by atoms with Crippen molar-refractivity contribution in [1.29, 1.82) is 0 Å². The predicted octanol–water partition coefficient (Wildman–Crippen LogP) is 4.82. The standard InChI is InChI=1S/C24H16ClN3O4/c1-31-18-10-15-17(11-19(18)32-2)27-24(25)28-23(15)26-16-9-5-8-14-20(16)22(30)13-7-4-3-6-12(13)21(14)29/h3-11H,1-2H3,(H,26,27,28). The van der Waals surface area contributed by atoms with Crippen LogP contribution < -0.4 is 14.8 Å². The normalized spacial score (nSPS) is 12.3. The van der Waals surface area contributed by atoms with Gasteiger partial charge in [0.05, 0.1) is 31.0 Å². The van der Waals surface area contributed by atoms with Crippen LogP contribution in [0, 0.1) is 0 Å². The number of halogens is 1. The van der Waals surface area contributed by atoms with Crippen molar-refractivity contribution < 1.29 is 19.1 Å². The van der Waals surface area contributed by atoms with Gasteiger partial charge in [-0.25, -0.2) is 4.98 Å². The summed E-state index contributed by atoms with van der Waals surface area (Å²) in [7, 11) is 3.06. The number of rotatable bonds is 4. The van der Waals surface area contributed by atoms with E-state index in [0.717, 1.165) is 0 Å². The summed E-state index contributed by atoms with van der Waals surface area (Å²) >= 11 is 6.17. The Kier molecular flexibility index (Phi) is 4.75. The minimum absolute atomic E-state index is 0.0183. The average molecular weight is 446 g/mol. The fourth-order valence-corrected chi connectivity index (χ4v) is 4.07. The highest BCUT2D eigenvalue weighted by Gasteiger charge is 2.31. The zero-order valence-corrected chi connectivity index (χ0v) is 17.9. The van der Waals surface area contributed by atoms with Gasteiger partial charge >= 0.3 is 0 Å². The van der Waals surface area contributed by atoms with Crippen molar-refractivity contribution in [3.8, 4) is 11.5 Å². The first kappa shape index (κ1) is 20.0. The van der Waals surface area contributed by atoms with Crippen LogP contribution in [0.5, 0.6) is 11.5 Å². The maximum Gasteiger partial charge on any atom is 0.224 e. The van der Waals surface area contributed by atoms with Crippen LogP contribution in [0.25, 0.3) is 10.9 Å². The number of nitrogens with zero attached hydrogens (tertiary/aromatic N) is 2. The smallest absolute Gasteiger partial charge is 0.224 e. The third-order valence-electron chi connectivity index (χ3n) is 5.38. The van der Waals surface area contributed by atoms with Crippen LogP contribution in [0.15, 0.2) is 54.6 Å². The first-order valence-corrected chi connectivity index (χ1v) is 10.1. The maximum absolute atomic E-state index is 13.3. The first-order chi connectivity index (χ1) is 15.5. The lowest BCUT2D eigenvalue weighted by atomic mass is 9.83.